The summed E-state index contributed by atoms with van der Waals surface area (Å²) < 4.78 is 16.8. The van der Waals surface area contributed by atoms with E-state index in [1.165, 1.54) is 231 Å². The van der Waals surface area contributed by atoms with Gasteiger partial charge in [-0.1, -0.05) is 289 Å². The SMILES string of the molecule is CCCCCCC/C=C\C/C=C\CCCCCCCCCCCCCCCCCCCCCC(=O)OCC(COC(=O)CCCCCCCCC)OC(=O)CCCCCCCCCCCCCC. The number of hydrogen-bond donors (Lipinski definition) is 0. The average molecular weight is 958 g/mol. The van der Waals surface area contributed by atoms with Gasteiger partial charge in [0.1, 0.15) is 13.2 Å². The van der Waals surface area contributed by atoms with Gasteiger partial charge < -0.3 is 14.2 Å². The van der Waals surface area contributed by atoms with Crippen molar-refractivity contribution in [3.8, 4) is 0 Å². The van der Waals surface area contributed by atoms with Crippen LogP contribution in [-0.2, 0) is 28.6 Å². The maximum Gasteiger partial charge on any atom is 0.306 e. The Morgan fingerprint density at radius 2 is 0.529 bits per heavy atom. The van der Waals surface area contributed by atoms with Gasteiger partial charge in [-0.3, -0.25) is 14.4 Å². The molecule has 68 heavy (non-hydrogen) atoms. The second-order valence-electron chi connectivity index (χ2n) is 20.6. The number of hydrogen-bond acceptors (Lipinski definition) is 6. The first kappa shape index (κ1) is 65.9. The van der Waals surface area contributed by atoms with Crippen LogP contribution in [0.5, 0.6) is 0 Å². The molecule has 1 unspecified atom stereocenters. The van der Waals surface area contributed by atoms with Crippen LogP contribution < -0.4 is 0 Å². The van der Waals surface area contributed by atoms with Crippen LogP contribution in [0.3, 0.4) is 0 Å². The highest BCUT2D eigenvalue weighted by atomic mass is 16.6. The predicted octanol–water partition coefficient (Wildman–Crippen LogP) is 20.3. The highest BCUT2D eigenvalue weighted by Gasteiger charge is 2.19. The van der Waals surface area contributed by atoms with Crippen molar-refractivity contribution in [2.24, 2.45) is 0 Å². The molecule has 0 saturated heterocycles. The van der Waals surface area contributed by atoms with Gasteiger partial charge in [0, 0.05) is 19.3 Å². The second kappa shape index (κ2) is 57.5. The highest BCUT2D eigenvalue weighted by Crippen LogP contribution is 2.17. The number of carbonyl (C=O) groups is 3. The standard InChI is InChI=1S/C62H116O6/c1-4-7-10-13-16-18-20-22-23-24-25-26-27-28-29-30-31-32-33-34-35-36-37-38-39-40-42-43-46-49-52-55-61(64)67-58-59(57-66-60(63)54-51-48-45-15-12-9-6-3)68-62(65)56-53-50-47-44-41-21-19-17-14-11-8-5-2/h20,22,24-25,59H,4-19,21,23,26-58H2,1-3H3/b22-20-,25-24-. The topological polar surface area (TPSA) is 78.9 Å². The van der Waals surface area contributed by atoms with E-state index in [4.69, 9.17) is 14.2 Å². The molecule has 6 heteroatoms. The molecule has 0 aromatic heterocycles. The summed E-state index contributed by atoms with van der Waals surface area (Å²) in [7, 11) is 0. The van der Waals surface area contributed by atoms with E-state index < -0.39 is 6.10 Å². The van der Waals surface area contributed by atoms with Gasteiger partial charge in [-0.15, -0.1) is 0 Å². The van der Waals surface area contributed by atoms with Gasteiger partial charge in [0.15, 0.2) is 6.10 Å². The fourth-order valence-electron chi connectivity index (χ4n) is 9.12. The molecule has 0 aliphatic rings. The molecular formula is C62H116O6. The van der Waals surface area contributed by atoms with Gasteiger partial charge in [-0.2, -0.15) is 0 Å². The number of esters is 3. The molecule has 0 fully saturated rings. The Bertz CT molecular complexity index is 1100. The summed E-state index contributed by atoms with van der Waals surface area (Å²) in [5.74, 6) is -0.853. The van der Waals surface area contributed by atoms with Crippen LogP contribution in [0, 0.1) is 0 Å². The summed E-state index contributed by atoms with van der Waals surface area (Å²) in [4.78, 5) is 37.9. The summed E-state index contributed by atoms with van der Waals surface area (Å²) in [6.45, 7) is 6.62. The second-order valence-corrected chi connectivity index (χ2v) is 20.6. The number of carbonyl (C=O) groups excluding carboxylic acids is 3. The lowest BCUT2D eigenvalue weighted by Gasteiger charge is -2.18. The first-order valence-corrected chi connectivity index (χ1v) is 30.3. The average Bonchev–Trinajstić information content (AvgIpc) is 3.34. The zero-order valence-electron chi connectivity index (χ0n) is 45.9. The molecule has 0 spiro atoms. The number of rotatable bonds is 56. The highest BCUT2D eigenvalue weighted by molar-refractivity contribution is 5.71. The van der Waals surface area contributed by atoms with Crippen LogP contribution in [0.15, 0.2) is 24.3 Å². The summed E-state index contributed by atoms with van der Waals surface area (Å²) in [5.41, 5.74) is 0. The van der Waals surface area contributed by atoms with Crippen molar-refractivity contribution in [2.45, 2.75) is 341 Å². The lowest BCUT2D eigenvalue weighted by molar-refractivity contribution is -0.167. The van der Waals surface area contributed by atoms with Gasteiger partial charge in [0.25, 0.3) is 0 Å². The van der Waals surface area contributed by atoms with E-state index in [-0.39, 0.29) is 31.1 Å². The molecule has 0 amide bonds. The molecule has 0 aliphatic heterocycles. The molecule has 0 heterocycles. The molecule has 0 N–H and O–H groups in total. The third-order valence-corrected chi connectivity index (χ3v) is 13.7. The molecule has 6 nitrogen and oxygen atoms in total. The van der Waals surface area contributed by atoms with Crippen molar-refractivity contribution in [1.29, 1.82) is 0 Å². The Morgan fingerprint density at radius 1 is 0.294 bits per heavy atom. The van der Waals surface area contributed by atoms with Crippen molar-refractivity contribution in [2.75, 3.05) is 13.2 Å². The summed E-state index contributed by atoms with van der Waals surface area (Å²) in [6.07, 6.45) is 67.9. The minimum atomic E-state index is -0.762. The Labute approximate surface area is 423 Å². The van der Waals surface area contributed by atoms with E-state index in [0.29, 0.717) is 19.3 Å². The third-order valence-electron chi connectivity index (χ3n) is 13.7. The Hall–Kier alpha value is -2.11. The van der Waals surface area contributed by atoms with Crippen LogP contribution in [0.25, 0.3) is 0 Å². The predicted molar refractivity (Wildman–Crippen MR) is 293 cm³/mol. The van der Waals surface area contributed by atoms with E-state index in [9.17, 15) is 14.4 Å². The van der Waals surface area contributed by atoms with Gasteiger partial charge in [0.05, 0.1) is 0 Å². The van der Waals surface area contributed by atoms with Crippen LogP contribution >= 0.6 is 0 Å². The first-order valence-electron chi connectivity index (χ1n) is 30.3. The van der Waals surface area contributed by atoms with E-state index in [1.54, 1.807) is 0 Å². The van der Waals surface area contributed by atoms with E-state index >= 15 is 0 Å². The normalized spacial score (nSPS) is 12.1. The smallest absolute Gasteiger partial charge is 0.306 e. The molecule has 0 aromatic rings. The van der Waals surface area contributed by atoms with Crippen molar-refractivity contribution >= 4 is 17.9 Å². The third kappa shape index (κ3) is 54.8. The first-order chi connectivity index (χ1) is 33.5. The summed E-state index contributed by atoms with van der Waals surface area (Å²) in [5, 5.41) is 0. The number of unbranched alkanes of at least 4 members (excludes halogenated alkanes) is 41. The van der Waals surface area contributed by atoms with Crippen LogP contribution in [0.4, 0.5) is 0 Å². The van der Waals surface area contributed by atoms with E-state index in [2.05, 4.69) is 45.1 Å². The molecule has 0 rings (SSSR count). The Morgan fingerprint density at radius 3 is 0.809 bits per heavy atom. The van der Waals surface area contributed by atoms with Crippen LogP contribution in [0.1, 0.15) is 335 Å². The van der Waals surface area contributed by atoms with Crippen molar-refractivity contribution in [1.82, 2.24) is 0 Å². The maximum atomic E-state index is 12.8. The van der Waals surface area contributed by atoms with Crippen molar-refractivity contribution < 1.29 is 28.6 Å². The van der Waals surface area contributed by atoms with Crippen LogP contribution in [-0.4, -0.2) is 37.2 Å². The molecular weight excluding hydrogens is 841 g/mol. The minimum Gasteiger partial charge on any atom is -0.462 e. The molecule has 0 aliphatic carbocycles. The fourth-order valence-corrected chi connectivity index (χ4v) is 9.12. The summed E-state index contributed by atoms with van der Waals surface area (Å²) in [6, 6.07) is 0. The van der Waals surface area contributed by atoms with E-state index in [1.807, 2.05) is 0 Å². The van der Waals surface area contributed by atoms with Gasteiger partial charge >= 0.3 is 17.9 Å². The van der Waals surface area contributed by atoms with E-state index in [0.717, 1.165) is 64.2 Å². The zero-order chi connectivity index (χ0) is 49.3. The monoisotopic (exact) mass is 957 g/mol. The fraction of sp³-hybridized carbons (Fsp3) is 0.887. The van der Waals surface area contributed by atoms with Crippen LogP contribution in [0.2, 0.25) is 0 Å². The van der Waals surface area contributed by atoms with Gasteiger partial charge in [-0.25, -0.2) is 0 Å². The lowest BCUT2D eigenvalue weighted by Crippen LogP contribution is -2.30. The molecule has 0 aromatic carbocycles. The van der Waals surface area contributed by atoms with Gasteiger partial charge in [0.2, 0.25) is 0 Å². The largest absolute Gasteiger partial charge is 0.462 e. The maximum absolute atomic E-state index is 12.8. The molecule has 0 radical (unpaired) electrons. The lowest BCUT2D eigenvalue weighted by atomic mass is 10.0. The number of allylic oxidation sites excluding steroid dienone is 4. The molecule has 0 saturated carbocycles. The molecule has 0 bridgehead atoms. The molecule has 1 atom stereocenters. The van der Waals surface area contributed by atoms with Crippen molar-refractivity contribution in [3.05, 3.63) is 24.3 Å². The minimum absolute atomic E-state index is 0.0649. The number of ether oxygens (including phenoxy) is 3. The van der Waals surface area contributed by atoms with Crippen molar-refractivity contribution in [3.63, 3.8) is 0 Å². The Kier molecular flexibility index (Phi) is 55.7. The quantitative estimate of drug-likeness (QED) is 0.0262. The summed E-state index contributed by atoms with van der Waals surface area (Å²) >= 11 is 0. The zero-order valence-corrected chi connectivity index (χ0v) is 45.9. The Balaban J connectivity index is 3.94. The van der Waals surface area contributed by atoms with Gasteiger partial charge in [-0.05, 0) is 51.4 Å². The molecule has 400 valence electrons.